The van der Waals surface area contributed by atoms with Gasteiger partial charge in [-0.2, -0.15) is 5.26 Å². The van der Waals surface area contributed by atoms with Gasteiger partial charge < -0.3 is 9.47 Å². The molecular weight excluding hydrogens is 272 g/mol. The summed E-state index contributed by atoms with van der Waals surface area (Å²) in [6.07, 6.45) is -0.963. The molecule has 0 bridgehead atoms. The van der Waals surface area contributed by atoms with Crippen LogP contribution in [0.4, 0.5) is 0 Å². The van der Waals surface area contributed by atoms with Crippen LogP contribution >= 0.6 is 0 Å². The van der Waals surface area contributed by atoms with Crippen molar-refractivity contribution < 1.29 is 22.7 Å². The number of nitrogens with zero attached hydrogens (tertiary/aromatic N) is 1. The quantitative estimate of drug-likeness (QED) is 0.800. The summed E-state index contributed by atoms with van der Waals surface area (Å²) < 4.78 is 32.1. The summed E-state index contributed by atoms with van der Waals surface area (Å²) in [4.78, 5) is 11.5. The third-order valence-electron chi connectivity index (χ3n) is 2.19. The van der Waals surface area contributed by atoms with Crippen LogP contribution in [0.1, 0.15) is 17.3 Å². The molecule has 0 amide bonds. The molecule has 0 spiro atoms. The van der Waals surface area contributed by atoms with Crippen molar-refractivity contribution >= 4 is 16.0 Å². The first-order valence-electron chi connectivity index (χ1n) is 5.11. The highest BCUT2D eigenvalue weighted by molar-refractivity contribution is 7.89. The Morgan fingerprint density at radius 3 is 2.58 bits per heavy atom. The van der Waals surface area contributed by atoms with Gasteiger partial charge in [0.1, 0.15) is 17.4 Å². The van der Waals surface area contributed by atoms with Crippen LogP contribution in [-0.2, 0) is 14.8 Å². The minimum Gasteiger partial charge on any atom is -0.496 e. The monoisotopic (exact) mass is 284 g/mol. The second kappa shape index (κ2) is 5.69. The van der Waals surface area contributed by atoms with Crippen LogP contribution in [0.2, 0.25) is 0 Å². The van der Waals surface area contributed by atoms with Gasteiger partial charge in [-0.05, 0) is 25.1 Å². The summed E-state index contributed by atoms with van der Waals surface area (Å²) in [5.74, 6) is -0.737. The summed E-state index contributed by atoms with van der Waals surface area (Å²) in [6.45, 7) is 1.38. The van der Waals surface area contributed by atoms with Crippen molar-refractivity contribution in [3.63, 3.8) is 0 Å². The highest BCUT2D eigenvalue weighted by atomic mass is 32.2. The van der Waals surface area contributed by atoms with Gasteiger partial charge in [0, 0.05) is 0 Å². The van der Waals surface area contributed by atoms with Gasteiger partial charge in [-0.3, -0.25) is 0 Å². The Morgan fingerprint density at radius 2 is 2.11 bits per heavy atom. The summed E-state index contributed by atoms with van der Waals surface area (Å²) in [7, 11) is -2.63. The van der Waals surface area contributed by atoms with E-state index in [1.54, 1.807) is 6.07 Å². The molecule has 0 aliphatic heterocycles. The largest absolute Gasteiger partial charge is 0.496 e. The molecule has 1 unspecified atom stereocenters. The van der Waals surface area contributed by atoms with Crippen molar-refractivity contribution in [1.82, 2.24) is 0 Å². The second-order valence-electron chi connectivity index (χ2n) is 3.58. The fourth-order valence-corrected chi connectivity index (χ4v) is 1.81. The molecule has 0 aliphatic carbocycles. The lowest BCUT2D eigenvalue weighted by atomic mass is 10.2. The van der Waals surface area contributed by atoms with Crippen molar-refractivity contribution in [3.8, 4) is 11.8 Å². The number of hydrogen-bond donors (Lipinski definition) is 1. The normalized spacial score (nSPS) is 12.3. The van der Waals surface area contributed by atoms with Crippen LogP contribution in [0.25, 0.3) is 0 Å². The standard InChI is InChI=1S/C11H12N2O5S/c1-7(6-12)18-11(14)9-5-8(19(13,15)16)3-4-10(9)17-2/h3-5,7H,1-2H3,(H2,13,15,16). The Hall–Kier alpha value is -2.11. The Kier molecular flexibility index (Phi) is 4.47. The van der Waals surface area contributed by atoms with E-state index in [-0.39, 0.29) is 16.2 Å². The van der Waals surface area contributed by atoms with E-state index in [1.807, 2.05) is 0 Å². The van der Waals surface area contributed by atoms with Gasteiger partial charge >= 0.3 is 5.97 Å². The summed E-state index contributed by atoms with van der Waals surface area (Å²) in [5, 5.41) is 13.5. The molecule has 2 N–H and O–H groups in total. The topological polar surface area (TPSA) is 119 Å². The fourth-order valence-electron chi connectivity index (χ4n) is 1.27. The van der Waals surface area contributed by atoms with Crippen molar-refractivity contribution in [2.24, 2.45) is 5.14 Å². The molecule has 1 atom stereocenters. The zero-order valence-corrected chi connectivity index (χ0v) is 11.1. The van der Waals surface area contributed by atoms with Crippen LogP contribution in [0.15, 0.2) is 23.1 Å². The van der Waals surface area contributed by atoms with Crippen LogP contribution < -0.4 is 9.88 Å². The number of sulfonamides is 1. The van der Waals surface area contributed by atoms with Crippen molar-refractivity contribution in [3.05, 3.63) is 23.8 Å². The van der Waals surface area contributed by atoms with Crippen LogP contribution in [0.3, 0.4) is 0 Å². The lowest BCUT2D eigenvalue weighted by molar-refractivity contribution is 0.0431. The van der Waals surface area contributed by atoms with E-state index in [0.717, 1.165) is 6.07 Å². The first kappa shape index (κ1) is 14.9. The maximum atomic E-state index is 11.8. The Balaban J connectivity index is 3.24. The van der Waals surface area contributed by atoms with E-state index in [1.165, 1.54) is 26.2 Å². The minimum absolute atomic E-state index is 0.115. The molecule has 0 fully saturated rings. The molecule has 1 aromatic rings. The number of methoxy groups -OCH3 is 1. The number of carbonyl (C=O) groups is 1. The van der Waals surface area contributed by atoms with Gasteiger partial charge in [0.15, 0.2) is 6.10 Å². The molecule has 7 nitrogen and oxygen atoms in total. The van der Waals surface area contributed by atoms with E-state index in [9.17, 15) is 13.2 Å². The van der Waals surface area contributed by atoms with Gasteiger partial charge in [-0.1, -0.05) is 0 Å². The molecule has 1 rings (SSSR count). The third-order valence-corrected chi connectivity index (χ3v) is 3.10. The number of rotatable bonds is 4. The summed E-state index contributed by atoms with van der Waals surface area (Å²) in [6, 6.07) is 5.26. The third kappa shape index (κ3) is 3.67. The lowest BCUT2D eigenvalue weighted by Gasteiger charge is -2.10. The molecule has 8 heteroatoms. The van der Waals surface area contributed by atoms with Gasteiger partial charge in [0.05, 0.1) is 12.0 Å². The molecular formula is C11H12N2O5S. The molecule has 0 radical (unpaired) electrons. The van der Waals surface area contributed by atoms with Crippen molar-refractivity contribution in [1.29, 1.82) is 5.26 Å². The van der Waals surface area contributed by atoms with Gasteiger partial charge in [0.25, 0.3) is 0 Å². The van der Waals surface area contributed by atoms with Gasteiger partial charge in [-0.15, -0.1) is 0 Å². The van der Waals surface area contributed by atoms with E-state index >= 15 is 0 Å². The average molecular weight is 284 g/mol. The maximum Gasteiger partial charge on any atom is 0.343 e. The minimum atomic E-state index is -3.95. The van der Waals surface area contributed by atoms with Crippen LogP contribution in [0, 0.1) is 11.3 Å². The van der Waals surface area contributed by atoms with E-state index in [0.29, 0.717) is 0 Å². The first-order valence-corrected chi connectivity index (χ1v) is 6.65. The van der Waals surface area contributed by atoms with E-state index in [2.05, 4.69) is 0 Å². The number of nitrogens with two attached hydrogens (primary N) is 1. The van der Waals surface area contributed by atoms with Crippen molar-refractivity contribution in [2.45, 2.75) is 17.9 Å². The molecule has 19 heavy (non-hydrogen) atoms. The number of carbonyl (C=O) groups excluding carboxylic acids is 1. The molecule has 0 saturated heterocycles. The fraction of sp³-hybridized carbons (Fsp3) is 0.273. The van der Waals surface area contributed by atoms with Crippen molar-refractivity contribution in [2.75, 3.05) is 7.11 Å². The molecule has 0 aromatic heterocycles. The molecule has 0 saturated carbocycles. The zero-order chi connectivity index (χ0) is 14.6. The molecule has 0 heterocycles. The van der Waals surface area contributed by atoms with Gasteiger partial charge in [-0.25, -0.2) is 18.4 Å². The molecule has 102 valence electrons. The number of nitriles is 1. The first-order chi connectivity index (χ1) is 8.79. The highest BCUT2D eigenvalue weighted by Crippen LogP contribution is 2.23. The van der Waals surface area contributed by atoms with Crippen LogP contribution in [-0.4, -0.2) is 27.6 Å². The predicted octanol–water partition coefficient (Wildman–Crippen LogP) is 0.411. The highest BCUT2D eigenvalue weighted by Gasteiger charge is 2.20. The number of hydrogen-bond acceptors (Lipinski definition) is 6. The summed E-state index contributed by atoms with van der Waals surface area (Å²) in [5.41, 5.74) is -0.115. The maximum absolute atomic E-state index is 11.8. The molecule has 0 aliphatic rings. The number of esters is 1. The Morgan fingerprint density at radius 1 is 1.47 bits per heavy atom. The number of primary sulfonamides is 1. The SMILES string of the molecule is COc1ccc(S(N)(=O)=O)cc1C(=O)OC(C)C#N. The van der Waals surface area contributed by atoms with Gasteiger partial charge in [0.2, 0.25) is 10.0 Å². The Bertz CT molecular complexity index is 633. The predicted molar refractivity (Wildman–Crippen MR) is 64.9 cm³/mol. The second-order valence-corrected chi connectivity index (χ2v) is 5.15. The lowest BCUT2D eigenvalue weighted by Crippen LogP contribution is -2.16. The van der Waals surface area contributed by atoms with Crippen LogP contribution in [0.5, 0.6) is 5.75 Å². The van der Waals surface area contributed by atoms with E-state index in [4.69, 9.17) is 19.9 Å². The summed E-state index contributed by atoms with van der Waals surface area (Å²) >= 11 is 0. The van der Waals surface area contributed by atoms with E-state index < -0.39 is 22.1 Å². The number of benzene rings is 1. The zero-order valence-electron chi connectivity index (χ0n) is 10.3. The number of ether oxygens (including phenoxy) is 2. The smallest absolute Gasteiger partial charge is 0.343 e. The molecule has 1 aromatic carbocycles. The average Bonchev–Trinajstić information content (AvgIpc) is 2.36. The Labute approximate surface area is 110 Å².